The average Bonchev–Trinajstić information content (AvgIpc) is 2.97. The molecule has 0 bridgehead atoms. The first kappa shape index (κ1) is 14.1. The molecule has 2 aromatic rings. The Hall–Kier alpha value is -2.28. The lowest BCUT2D eigenvalue weighted by Gasteiger charge is -2.04. The van der Waals surface area contributed by atoms with E-state index in [9.17, 15) is 9.90 Å². The van der Waals surface area contributed by atoms with E-state index >= 15 is 0 Å². The number of thiazole rings is 1. The smallest absolute Gasteiger partial charge is 0.305 e. The van der Waals surface area contributed by atoms with Crippen LogP contribution in [0.3, 0.4) is 0 Å². The van der Waals surface area contributed by atoms with E-state index < -0.39 is 0 Å². The summed E-state index contributed by atoms with van der Waals surface area (Å²) in [5.41, 5.74) is 1.33. The van der Waals surface area contributed by atoms with Crippen LogP contribution in [-0.2, 0) is 16.0 Å². The minimum Gasteiger partial charge on any atom is -0.508 e. The standard InChI is InChI=1S/C13H13N3O3S/c1-19-12(18)5-2-9-8-10(17)3-4-11(9)15-16-13-14-6-7-20-13/h3-4,6-8,17H,2,5H2,1H3. The second kappa shape index (κ2) is 6.76. The third-order valence-corrected chi connectivity index (χ3v) is 3.21. The Labute approximate surface area is 119 Å². The van der Waals surface area contributed by atoms with Gasteiger partial charge in [0, 0.05) is 18.0 Å². The van der Waals surface area contributed by atoms with E-state index in [0.29, 0.717) is 17.2 Å². The fourth-order valence-corrected chi connectivity index (χ4v) is 2.02. The summed E-state index contributed by atoms with van der Waals surface area (Å²) in [5, 5.41) is 20.0. The van der Waals surface area contributed by atoms with Gasteiger partial charge in [-0.1, -0.05) is 0 Å². The van der Waals surface area contributed by atoms with Gasteiger partial charge in [0.1, 0.15) is 5.75 Å². The van der Waals surface area contributed by atoms with Crippen LogP contribution < -0.4 is 0 Å². The predicted molar refractivity (Wildman–Crippen MR) is 74.7 cm³/mol. The number of carbonyl (C=O) groups excluding carboxylic acids is 1. The van der Waals surface area contributed by atoms with E-state index in [4.69, 9.17) is 0 Å². The molecule has 20 heavy (non-hydrogen) atoms. The van der Waals surface area contributed by atoms with Gasteiger partial charge in [-0.15, -0.1) is 21.6 Å². The summed E-state index contributed by atoms with van der Waals surface area (Å²) in [6, 6.07) is 4.75. The van der Waals surface area contributed by atoms with Gasteiger partial charge in [-0.05, 0) is 30.2 Å². The van der Waals surface area contributed by atoms with Crippen LogP contribution in [0, 0.1) is 0 Å². The first-order chi connectivity index (χ1) is 9.69. The Kier molecular flexibility index (Phi) is 4.78. The number of nitrogens with zero attached hydrogens (tertiary/aromatic N) is 3. The van der Waals surface area contributed by atoms with Crippen LogP contribution in [0.2, 0.25) is 0 Å². The number of phenols is 1. The fraction of sp³-hybridized carbons (Fsp3) is 0.231. The van der Waals surface area contributed by atoms with Gasteiger partial charge in [-0.3, -0.25) is 4.79 Å². The lowest BCUT2D eigenvalue weighted by molar-refractivity contribution is -0.140. The Morgan fingerprint density at radius 3 is 3.00 bits per heavy atom. The molecular formula is C13H13N3O3S. The molecule has 0 aliphatic carbocycles. The number of hydrogen-bond acceptors (Lipinski definition) is 7. The third-order valence-electron chi connectivity index (χ3n) is 2.55. The summed E-state index contributed by atoms with van der Waals surface area (Å²) >= 11 is 1.38. The van der Waals surface area contributed by atoms with Gasteiger partial charge < -0.3 is 9.84 Å². The van der Waals surface area contributed by atoms with Crippen LogP contribution in [0.15, 0.2) is 40.0 Å². The number of carbonyl (C=O) groups is 1. The molecule has 0 atom stereocenters. The Bertz CT molecular complexity index is 611. The van der Waals surface area contributed by atoms with E-state index in [-0.39, 0.29) is 18.1 Å². The average molecular weight is 291 g/mol. The van der Waals surface area contributed by atoms with Crippen LogP contribution in [0.1, 0.15) is 12.0 Å². The third kappa shape index (κ3) is 3.86. The Balaban J connectivity index is 2.17. The minimum absolute atomic E-state index is 0.123. The summed E-state index contributed by atoms with van der Waals surface area (Å²) in [7, 11) is 1.34. The number of aromatic nitrogens is 1. The van der Waals surface area contributed by atoms with Crippen LogP contribution in [0.25, 0.3) is 0 Å². The summed E-state index contributed by atoms with van der Waals surface area (Å²) in [6.45, 7) is 0. The van der Waals surface area contributed by atoms with Crippen molar-refractivity contribution in [2.75, 3.05) is 7.11 Å². The fourth-order valence-electron chi connectivity index (χ4n) is 1.57. The van der Waals surface area contributed by atoms with Crippen molar-refractivity contribution in [3.05, 3.63) is 35.3 Å². The molecule has 0 saturated heterocycles. The molecule has 0 aliphatic heterocycles. The van der Waals surface area contributed by atoms with Crippen molar-refractivity contribution in [3.63, 3.8) is 0 Å². The number of esters is 1. The maximum absolute atomic E-state index is 11.2. The largest absolute Gasteiger partial charge is 0.508 e. The van der Waals surface area contributed by atoms with E-state index in [0.717, 1.165) is 5.56 Å². The Morgan fingerprint density at radius 2 is 2.30 bits per heavy atom. The molecule has 0 amide bonds. The number of aryl methyl sites for hydroxylation is 1. The molecule has 1 N–H and O–H groups in total. The monoisotopic (exact) mass is 291 g/mol. The number of benzene rings is 1. The molecule has 0 aliphatic rings. The van der Waals surface area contributed by atoms with Crippen molar-refractivity contribution in [1.29, 1.82) is 0 Å². The van der Waals surface area contributed by atoms with Crippen molar-refractivity contribution < 1.29 is 14.6 Å². The van der Waals surface area contributed by atoms with Gasteiger partial charge in [0.15, 0.2) is 0 Å². The summed E-state index contributed by atoms with van der Waals surface area (Å²) in [4.78, 5) is 15.2. The van der Waals surface area contributed by atoms with Crippen LogP contribution in [0.4, 0.5) is 10.8 Å². The molecule has 7 heteroatoms. The van der Waals surface area contributed by atoms with Crippen molar-refractivity contribution in [2.45, 2.75) is 12.8 Å². The maximum atomic E-state index is 11.2. The minimum atomic E-state index is -0.309. The van der Waals surface area contributed by atoms with Crippen molar-refractivity contribution in [2.24, 2.45) is 10.2 Å². The van der Waals surface area contributed by atoms with Gasteiger partial charge in [-0.2, -0.15) is 0 Å². The molecule has 0 saturated carbocycles. The summed E-state index contributed by atoms with van der Waals surface area (Å²) in [5.74, 6) is -0.186. The molecule has 0 unspecified atom stereocenters. The second-order valence-corrected chi connectivity index (χ2v) is 4.78. The number of ether oxygens (including phenoxy) is 1. The summed E-state index contributed by atoms with van der Waals surface area (Å²) < 4.78 is 4.60. The van der Waals surface area contributed by atoms with Crippen molar-refractivity contribution in [3.8, 4) is 5.75 Å². The van der Waals surface area contributed by atoms with Gasteiger partial charge in [0.2, 0.25) is 5.13 Å². The highest BCUT2D eigenvalue weighted by Crippen LogP contribution is 2.27. The molecule has 6 nitrogen and oxygen atoms in total. The second-order valence-electron chi connectivity index (χ2n) is 3.90. The first-order valence-electron chi connectivity index (χ1n) is 5.89. The molecule has 0 spiro atoms. The summed E-state index contributed by atoms with van der Waals surface area (Å²) in [6.07, 6.45) is 2.29. The van der Waals surface area contributed by atoms with Crippen molar-refractivity contribution in [1.82, 2.24) is 4.98 Å². The molecule has 104 valence electrons. The van der Waals surface area contributed by atoms with E-state index in [1.165, 1.54) is 24.5 Å². The molecule has 1 aromatic carbocycles. The molecular weight excluding hydrogens is 278 g/mol. The number of azo groups is 1. The lowest BCUT2D eigenvalue weighted by atomic mass is 10.1. The lowest BCUT2D eigenvalue weighted by Crippen LogP contribution is -2.01. The quantitative estimate of drug-likeness (QED) is 0.676. The topological polar surface area (TPSA) is 84.1 Å². The van der Waals surface area contributed by atoms with Gasteiger partial charge >= 0.3 is 5.97 Å². The van der Waals surface area contributed by atoms with E-state index in [2.05, 4.69) is 19.9 Å². The first-order valence-corrected chi connectivity index (χ1v) is 6.77. The van der Waals surface area contributed by atoms with Gasteiger partial charge in [-0.25, -0.2) is 4.98 Å². The number of phenolic OH excluding ortho intramolecular Hbond substituents is 1. The molecule has 2 rings (SSSR count). The normalized spacial score (nSPS) is 10.8. The number of methoxy groups -OCH3 is 1. The van der Waals surface area contributed by atoms with Crippen LogP contribution >= 0.6 is 11.3 Å². The zero-order chi connectivity index (χ0) is 14.4. The number of rotatable bonds is 5. The van der Waals surface area contributed by atoms with Crippen LogP contribution in [0.5, 0.6) is 5.75 Å². The maximum Gasteiger partial charge on any atom is 0.305 e. The molecule has 1 heterocycles. The van der Waals surface area contributed by atoms with Crippen LogP contribution in [-0.4, -0.2) is 23.2 Å². The van der Waals surface area contributed by atoms with E-state index in [1.807, 2.05) is 5.38 Å². The number of hydrogen-bond donors (Lipinski definition) is 1. The van der Waals surface area contributed by atoms with E-state index in [1.54, 1.807) is 18.3 Å². The zero-order valence-corrected chi connectivity index (χ0v) is 11.6. The highest BCUT2D eigenvalue weighted by atomic mass is 32.1. The van der Waals surface area contributed by atoms with Gasteiger partial charge in [0.05, 0.1) is 12.8 Å². The highest BCUT2D eigenvalue weighted by molar-refractivity contribution is 7.13. The Morgan fingerprint density at radius 1 is 1.45 bits per heavy atom. The highest BCUT2D eigenvalue weighted by Gasteiger charge is 2.07. The molecule has 0 radical (unpaired) electrons. The SMILES string of the molecule is COC(=O)CCc1cc(O)ccc1N=Nc1nccs1. The van der Waals surface area contributed by atoms with Crippen molar-refractivity contribution >= 4 is 28.1 Å². The molecule has 0 fully saturated rings. The van der Waals surface area contributed by atoms with Gasteiger partial charge in [0.25, 0.3) is 0 Å². The zero-order valence-electron chi connectivity index (χ0n) is 10.8. The predicted octanol–water partition coefficient (Wildman–Crippen LogP) is 3.37. The number of aromatic hydroxyl groups is 1. The molecule has 1 aromatic heterocycles.